The van der Waals surface area contributed by atoms with Crippen LogP contribution in [0.1, 0.15) is 30.9 Å². The third-order valence-electron chi connectivity index (χ3n) is 3.13. The summed E-state index contributed by atoms with van der Waals surface area (Å²) in [7, 11) is 0. The molecule has 1 nitrogen and oxygen atoms in total. The van der Waals surface area contributed by atoms with Crippen molar-refractivity contribution in [3.63, 3.8) is 0 Å². The van der Waals surface area contributed by atoms with Crippen LogP contribution >= 0.6 is 0 Å². The lowest BCUT2D eigenvalue weighted by atomic mass is 9.91. The molecule has 1 aromatic rings. The van der Waals surface area contributed by atoms with Crippen LogP contribution in [0.15, 0.2) is 24.3 Å². The third-order valence-corrected chi connectivity index (χ3v) is 3.13. The highest BCUT2D eigenvalue weighted by atomic mass is 19.4. The maximum Gasteiger partial charge on any atom is 0.389 e. The first-order valence-corrected chi connectivity index (χ1v) is 6.45. The summed E-state index contributed by atoms with van der Waals surface area (Å²) in [5, 5.41) is 0. The molecule has 1 aromatic carbocycles. The maximum absolute atomic E-state index is 12.0. The smallest absolute Gasteiger partial charge is 0.389 e. The Labute approximate surface area is 111 Å². The molecule has 0 radical (unpaired) electrons. The first-order valence-electron chi connectivity index (χ1n) is 6.45. The Bertz CT molecular complexity index is 463. The van der Waals surface area contributed by atoms with E-state index in [9.17, 15) is 13.2 Å². The van der Waals surface area contributed by atoms with E-state index in [1.807, 2.05) is 18.2 Å². The highest BCUT2D eigenvalue weighted by Crippen LogP contribution is 2.27. The highest BCUT2D eigenvalue weighted by Gasteiger charge is 2.26. The lowest BCUT2D eigenvalue weighted by Crippen LogP contribution is -2.10. The first kappa shape index (κ1) is 14.0. The molecular weight excluding hydrogens is 253 g/mol. The minimum atomic E-state index is -4.10. The van der Waals surface area contributed by atoms with Gasteiger partial charge in [0.1, 0.15) is 5.75 Å². The Morgan fingerprint density at radius 1 is 1.32 bits per heavy atom. The van der Waals surface area contributed by atoms with E-state index in [1.54, 1.807) is 0 Å². The number of halogens is 3. The van der Waals surface area contributed by atoms with Crippen LogP contribution in [0, 0.1) is 5.92 Å². The SMILES string of the molecule is C[C@@H]1C=Cc2ccc(OCCCC(F)(F)F)cc2C1. The van der Waals surface area contributed by atoms with Gasteiger partial charge < -0.3 is 4.74 Å². The Morgan fingerprint density at radius 3 is 2.84 bits per heavy atom. The van der Waals surface area contributed by atoms with E-state index >= 15 is 0 Å². The number of rotatable bonds is 4. The van der Waals surface area contributed by atoms with E-state index in [0.717, 1.165) is 6.42 Å². The number of allylic oxidation sites excluding steroid dienone is 1. The number of alkyl halides is 3. The summed E-state index contributed by atoms with van der Waals surface area (Å²) in [6, 6.07) is 5.70. The standard InChI is InChI=1S/C15H17F3O/c1-11-3-4-12-5-6-14(10-13(12)9-11)19-8-2-7-15(16,17)18/h3-6,10-11H,2,7-9H2,1H3/t11-/m1/s1. The van der Waals surface area contributed by atoms with Gasteiger partial charge in [-0.15, -0.1) is 0 Å². The van der Waals surface area contributed by atoms with Crippen molar-refractivity contribution in [1.29, 1.82) is 0 Å². The molecule has 4 heteroatoms. The van der Waals surface area contributed by atoms with Crippen LogP contribution < -0.4 is 4.74 Å². The summed E-state index contributed by atoms with van der Waals surface area (Å²) < 4.78 is 41.3. The molecule has 19 heavy (non-hydrogen) atoms. The van der Waals surface area contributed by atoms with E-state index in [-0.39, 0.29) is 13.0 Å². The predicted molar refractivity (Wildman–Crippen MR) is 69.1 cm³/mol. The Kier molecular flexibility index (Phi) is 4.17. The van der Waals surface area contributed by atoms with E-state index in [0.29, 0.717) is 11.7 Å². The van der Waals surface area contributed by atoms with Crippen LogP contribution in [0.4, 0.5) is 13.2 Å². The van der Waals surface area contributed by atoms with Gasteiger partial charge in [0.25, 0.3) is 0 Å². The highest BCUT2D eigenvalue weighted by molar-refractivity contribution is 5.58. The molecule has 1 aliphatic carbocycles. The van der Waals surface area contributed by atoms with Crippen LogP contribution in [0.5, 0.6) is 5.75 Å². The van der Waals surface area contributed by atoms with Gasteiger partial charge in [-0.3, -0.25) is 0 Å². The molecule has 0 aliphatic heterocycles. The van der Waals surface area contributed by atoms with Crippen LogP contribution in [-0.4, -0.2) is 12.8 Å². The fraction of sp³-hybridized carbons (Fsp3) is 0.467. The van der Waals surface area contributed by atoms with Gasteiger partial charge in [-0.1, -0.05) is 25.1 Å². The minimum absolute atomic E-state index is 0.00309. The minimum Gasteiger partial charge on any atom is -0.494 e. The molecule has 0 aromatic heterocycles. The molecule has 1 aliphatic rings. The topological polar surface area (TPSA) is 9.23 Å². The van der Waals surface area contributed by atoms with Crippen molar-refractivity contribution in [2.45, 2.75) is 32.4 Å². The van der Waals surface area contributed by atoms with E-state index in [2.05, 4.69) is 19.1 Å². The number of ether oxygens (including phenoxy) is 1. The Balaban J connectivity index is 1.89. The number of benzene rings is 1. The zero-order valence-electron chi connectivity index (χ0n) is 10.8. The number of hydrogen-bond acceptors (Lipinski definition) is 1. The van der Waals surface area contributed by atoms with Crippen LogP contribution in [-0.2, 0) is 6.42 Å². The second-order valence-corrected chi connectivity index (χ2v) is 4.97. The first-order chi connectivity index (χ1) is 8.94. The van der Waals surface area contributed by atoms with Crippen LogP contribution in [0.25, 0.3) is 6.08 Å². The van der Waals surface area contributed by atoms with Crippen molar-refractivity contribution in [2.75, 3.05) is 6.61 Å². The second-order valence-electron chi connectivity index (χ2n) is 4.97. The predicted octanol–water partition coefficient (Wildman–Crippen LogP) is 4.61. The van der Waals surface area contributed by atoms with Crippen molar-refractivity contribution in [1.82, 2.24) is 0 Å². The summed E-state index contributed by atoms with van der Waals surface area (Å²) in [6.45, 7) is 2.24. The monoisotopic (exact) mass is 270 g/mol. The normalized spacial score (nSPS) is 18.2. The van der Waals surface area contributed by atoms with Crippen LogP contribution in [0.3, 0.4) is 0 Å². The lowest BCUT2D eigenvalue weighted by molar-refractivity contribution is -0.136. The molecule has 0 amide bonds. The molecule has 0 saturated carbocycles. The van der Waals surface area contributed by atoms with Crippen molar-refractivity contribution in [2.24, 2.45) is 5.92 Å². The summed E-state index contributed by atoms with van der Waals surface area (Å²) in [4.78, 5) is 0. The molecule has 104 valence electrons. The van der Waals surface area contributed by atoms with Crippen molar-refractivity contribution >= 4 is 6.08 Å². The Hall–Kier alpha value is -1.45. The fourth-order valence-electron chi connectivity index (χ4n) is 2.16. The van der Waals surface area contributed by atoms with Crippen molar-refractivity contribution in [3.8, 4) is 5.75 Å². The number of hydrogen-bond donors (Lipinski definition) is 0. The second kappa shape index (κ2) is 5.68. The summed E-state index contributed by atoms with van der Waals surface area (Å²) >= 11 is 0. The molecular formula is C15H17F3O. The van der Waals surface area contributed by atoms with Crippen LogP contribution in [0.2, 0.25) is 0 Å². The van der Waals surface area contributed by atoms with E-state index < -0.39 is 12.6 Å². The molecule has 1 atom stereocenters. The molecule has 0 fully saturated rings. The van der Waals surface area contributed by atoms with Crippen molar-refractivity contribution in [3.05, 3.63) is 35.4 Å². The fourth-order valence-corrected chi connectivity index (χ4v) is 2.16. The van der Waals surface area contributed by atoms with Crippen molar-refractivity contribution < 1.29 is 17.9 Å². The average Bonchev–Trinajstić information content (AvgIpc) is 2.33. The van der Waals surface area contributed by atoms with E-state index in [4.69, 9.17) is 4.74 Å². The maximum atomic E-state index is 12.0. The summed E-state index contributed by atoms with van der Waals surface area (Å²) in [6.07, 6.45) is 0.294. The van der Waals surface area contributed by atoms with Gasteiger partial charge in [0.05, 0.1) is 6.61 Å². The summed E-state index contributed by atoms with van der Waals surface area (Å²) in [5.74, 6) is 1.15. The van der Waals surface area contributed by atoms with Gasteiger partial charge in [0.15, 0.2) is 0 Å². The number of fused-ring (bicyclic) bond motifs is 1. The zero-order chi connectivity index (χ0) is 13.9. The lowest BCUT2D eigenvalue weighted by Gasteiger charge is -2.17. The molecule has 0 spiro atoms. The third kappa shape index (κ3) is 4.30. The van der Waals surface area contributed by atoms with Gasteiger partial charge in [0.2, 0.25) is 0 Å². The molecule has 0 bridgehead atoms. The average molecular weight is 270 g/mol. The molecule has 0 saturated heterocycles. The van der Waals surface area contributed by atoms with Gasteiger partial charge in [-0.25, -0.2) is 0 Å². The summed E-state index contributed by atoms with van der Waals surface area (Å²) in [5.41, 5.74) is 2.36. The molecule has 0 heterocycles. The van der Waals surface area contributed by atoms with Gasteiger partial charge >= 0.3 is 6.18 Å². The Morgan fingerprint density at radius 2 is 2.11 bits per heavy atom. The molecule has 2 rings (SSSR count). The quantitative estimate of drug-likeness (QED) is 0.726. The molecule has 0 unspecified atom stereocenters. The van der Waals surface area contributed by atoms with Gasteiger partial charge in [-0.2, -0.15) is 13.2 Å². The van der Waals surface area contributed by atoms with E-state index in [1.165, 1.54) is 11.1 Å². The van der Waals surface area contributed by atoms with Gasteiger partial charge in [0, 0.05) is 6.42 Å². The molecule has 0 N–H and O–H groups in total. The van der Waals surface area contributed by atoms with Gasteiger partial charge in [-0.05, 0) is 42.0 Å². The largest absolute Gasteiger partial charge is 0.494 e. The zero-order valence-corrected chi connectivity index (χ0v) is 10.8.